The van der Waals surface area contributed by atoms with Crippen LogP contribution in [0.1, 0.15) is 42.4 Å². The van der Waals surface area contributed by atoms with E-state index < -0.39 is 24.5 Å². The van der Waals surface area contributed by atoms with Gasteiger partial charge in [-0.15, -0.1) is 0 Å². The van der Waals surface area contributed by atoms with E-state index in [-0.39, 0.29) is 23.1 Å². The standard InChI is InChI=1S/C18H22F3N3O3/c1-11(27-18(20)21)9-24-14-8-12(17(25)26)7-13(19)16(14)22-15(24)10-23-5-3-2-4-6-23/h7-8,11,18H,2-6,9-10H2,1H3,(H,25,26). The minimum Gasteiger partial charge on any atom is -0.478 e. The summed E-state index contributed by atoms with van der Waals surface area (Å²) >= 11 is 0. The second-order valence-corrected chi connectivity index (χ2v) is 6.81. The molecule has 3 rings (SSSR count). The zero-order valence-corrected chi connectivity index (χ0v) is 15.0. The Morgan fingerprint density at radius 2 is 2.00 bits per heavy atom. The maximum Gasteiger partial charge on any atom is 0.345 e. The normalized spacial score (nSPS) is 16.9. The summed E-state index contributed by atoms with van der Waals surface area (Å²) in [4.78, 5) is 17.8. The molecule has 27 heavy (non-hydrogen) atoms. The Kier molecular flexibility index (Phi) is 6.01. The molecule has 1 aliphatic heterocycles. The van der Waals surface area contributed by atoms with E-state index in [4.69, 9.17) is 0 Å². The molecule has 148 valence electrons. The van der Waals surface area contributed by atoms with E-state index in [1.807, 2.05) is 0 Å². The average molecular weight is 385 g/mol. The van der Waals surface area contributed by atoms with Crippen molar-refractivity contribution < 1.29 is 27.8 Å². The molecule has 0 aliphatic carbocycles. The van der Waals surface area contributed by atoms with Gasteiger partial charge in [0.2, 0.25) is 0 Å². The van der Waals surface area contributed by atoms with Crippen molar-refractivity contribution in [2.24, 2.45) is 0 Å². The molecule has 9 heteroatoms. The van der Waals surface area contributed by atoms with E-state index in [0.717, 1.165) is 38.4 Å². The van der Waals surface area contributed by atoms with Crippen molar-refractivity contribution in [2.75, 3.05) is 13.1 Å². The number of imidazole rings is 1. The maximum absolute atomic E-state index is 14.4. The largest absolute Gasteiger partial charge is 0.478 e. The molecule has 0 radical (unpaired) electrons. The third-order valence-corrected chi connectivity index (χ3v) is 4.72. The Bertz CT molecular complexity index is 819. The van der Waals surface area contributed by atoms with Crippen molar-refractivity contribution in [1.82, 2.24) is 14.5 Å². The molecule has 2 heterocycles. The van der Waals surface area contributed by atoms with Gasteiger partial charge >= 0.3 is 12.6 Å². The molecule has 6 nitrogen and oxygen atoms in total. The average Bonchev–Trinajstić information content (AvgIpc) is 2.93. The molecule has 1 aliphatic rings. The number of likely N-dealkylation sites (tertiary alicyclic amines) is 1. The van der Waals surface area contributed by atoms with Crippen molar-refractivity contribution in [2.45, 2.75) is 52.0 Å². The SMILES string of the molecule is CC(Cn1c(CN2CCCCC2)nc2c(F)cc(C(=O)O)cc21)OC(F)F. The second-order valence-electron chi connectivity index (χ2n) is 6.81. The van der Waals surface area contributed by atoms with E-state index in [1.165, 1.54) is 13.0 Å². The lowest BCUT2D eigenvalue weighted by Gasteiger charge is -2.26. The predicted octanol–water partition coefficient (Wildman–Crippen LogP) is 3.49. The number of piperidine rings is 1. The van der Waals surface area contributed by atoms with Crippen LogP contribution >= 0.6 is 0 Å². The zero-order valence-electron chi connectivity index (χ0n) is 15.0. The van der Waals surface area contributed by atoms with Crippen molar-refractivity contribution in [3.63, 3.8) is 0 Å². The predicted molar refractivity (Wildman–Crippen MR) is 92.3 cm³/mol. The summed E-state index contributed by atoms with van der Waals surface area (Å²) in [6.45, 7) is 0.793. The fourth-order valence-corrected chi connectivity index (χ4v) is 3.47. The van der Waals surface area contributed by atoms with Gasteiger partial charge in [-0.3, -0.25) is 4.90 Å². The molecule has 0 spiro atoms. The number of rotatable bonds is 7. The highest BCUT2D eigenvalue weighted by atomic mass is 19.3. The van der Waals surface area contributed by atoms with E-state index in [9.17, 15) is 23.1 Å². The molecular weight excluding hydrogens is 363 g/mol. The summed E-state index contributed by atoms with van der Waals surface area (Å²) in [6, 6.07) is 2.24. The van der Waals surface area contributed by atoms with Crippen LogP contribution in [0.4, 0.5) is 13.2 Å². The topological polar surface area (TPSA) is 67.6 Å². The van der Waals surface area contributed by atoms with Crippen LogP contribution < -0.4 is 0 Å². The van der Waals surface area contributed by atoms with Gasteiger partial charge in [0.25, 0.3) is 0 Å². The third-order valence-electron chi connectivity index (χ3n) is 4.72. The summed E-state index contributed by atoms with van der Waals surface area (Å²) in [5.41, 5.74) is 0.0912. The Labute approximate surface area is 154 Å². The van der Waals surface area contributed by atoms with Crippen LogP contribution in [0.3, 0.4) is 0 Å². The smallest absolute Gasteiger partial charge is 0.345 e. The van der Waals surface area contributed by atoms with E-state index in [1.54, 1.807) is 4.57 Å². The first kappa shape index (κ1) is 19.6. The van der Waals surface area contributed by atoms with Crippen molar-refractivity contribution in [3.05, 3.63) is 29.3 Å². The number of carbonyl (C=O) groups is 1. The molecule has 1 aromatic carbocycles. The summed E-state index contributed by atoms with van der Waals surface area (Å²) in [6.07, 6.45) is 2.42. The number of carboxylic acid groups (broad SMARTS) is 1. The van der Waals surface area contributed by atoms with Crippen LogP contribution in [0.5, 0.6) is 0 Å². The number of hydrogen-bond donors (Lipinski definition) is 1. The minimum atomic E-state index is -2.92. The third kappa shape index (κ3) is 4.59. The van der Waals surface area contributed by atoms with Gasteiger partial charge in [0.1, 0.15) is 11.3 Å². The fourth-order valence-electron chi connectivity index (χ4n) is 3.47. The first-order chi connectivity index (χ1) is 12.8. The van der Waals surface area contributed by atoms with Crippen LogP contribution in [0, 0.1) is 5.82 Å². The number of aromatic nitrogens is 2. The minimum absolute atomic E-state index is 0.0204. The van der Waals surface area contributed by atoms with Crippen LogP contribution in [-0.2, 0) is 17.8 Å². The van der Waals surface area contributed by atoms with E-state index >= 15 is 0 Å². The Balaban J connectivity index is 2.01. The quantitative estimate of drug-likeness (QED) is 0.790. The van der Waals surface area contributed by atoms with E-state index in [2.05, 4.69) is 14.6 Å². The first-order valence-electron chi connectivity index (χ1n) is 8.93. The molecular formula is C18H22F3N3O3. The highest BCUT2D eigenvalue weighted by molar-refractivity contribution is 5.92. The number of benzene rings is 1. The number of aromatic carboxylic acids is 1. The number of alkyl halides is 2. The highest BCUT2D eigenvalue weighted by Gasteiger charge is 2.22. The van der Waals surface area contributed by atoms with Crippen LogP contribution in [0.2, 0.25) is 0 Å². The second kappa shape index (κ2) is 8.26. The zero-order chi connectivity index (χ0) is 19.6. The summed E-state index contributed by atoms with van der Waals surface area (Å²) in [5.74, 6) is -1.50. The van der Waals surface area contributed by atoms with Gasteiger partial charge in [0, 0.05) is 0 Å². The van der Waals surface area contributed by atoms with Gasteiger partial charge in [-0.05, 0) is 45.0 Å². The lowest BCUT2D eigenvalue weighted by Crippen LogP contribution is -2.31. The first-order valence-corrected chi connectivity index (χ1v) is 8.93. The van der Waals surface area contributed by atoms with Gasteiger partial charge in [-0.25, -0.2) is 14.2 Å². The number of fused-ring (bicyclic) bond motifs is 1. The molecule has 1 N–H and O–H groups in total. The number of hydrogen-bond acceptors (Lipinski definition) is 4. The molecule has 2 aromatic rings. The van der Waals surface area contributed by atoms with Crippen molar-refractivity contribution >= 4 is 17.0 Å². The highest BCUT2D eigenvalue weighted by Crippen LogP contribution is 2.24. The number of halogens is 3. The molecule has 1 aromatic heterocycles. The number of carboxylic acids is 1. The number of ether oxygens (including phenoxy) is 1. The fraction of sp³-hybridized carbons (Fsp3) is 0.556. The number of nitrogens with zero attached hydrogens (tertiary/aromatic N) is 3. The molecule has 0 amide bonds. The summed E-state index contributed by atoms with van der Waals surface area (Å²) < 4.78 is 45.6. The Hall–Kier alpha value is -2.13. The van der Waals surface area contributed by atoms with Gasteiger partial charge in [-0.2, -0.15) is 8.78 Å². The molecule has 0 bridgehead atoms. The maximum atomic E-state index is 14.4. The summed E-state index contributed by atoms with van der Waals surface area (Å²) in [5, 5.41) is 9.20. The van der Waals surface area contributed by atoms with Gasteiger partial charge in [0.05, 0.1) is 30.3 Å². The van der Waals surface area contributed by atoms with Crippen LogP contribution in [-0.4, -0.2) is 51.3 Å². The van der Waals surface area contributed by atoms with Crippen molar-refractivity contribution in [1.29, 1.82) is 0 Å². The van der Waals surface area contributed by atoms with Gasteiger partial charge in [-0.1, -0.05) is 6.42 Å². The van der Waals surface area contributed by atoms with Gasteiger partial charge < -0.3 is 14.4 Å². The molecule has 1 unspecified atom stereocenters. The molecule has 1 fully saturated rings. The molecule has 0 saturated carbocycles. The van der Waals surface area contributed by atoms with Crippen LogP contribution in [0.25, 0.3) is 11.0 Å². The summed E-state index contributed by atoms with van der Waals surface area (Å²) in [7, 11) is 0. The van der Waals surface area contributed by atoms with Crippen LogP contribution in [0.15, 0.2) is 12.1 Å². The monoisotopic (exact) mass is 385 g/mol. The Morgan fingerprint density at radius 3 is 2.63 bits per heavy atom. The Morgan fingerprint density at radius 1 is 1.30 bits per heavy atom. The lowest BCUT2D eigenvalue weighted by molar-refractivity contribution is -0.160. The lowest BCUT2D eigenvalue weighted by atomic mass is 10.1. The molecule has 1 saturated heterocycles. The van der Waals surface area contributed by atoms with Crippen molar-refractivity contribution in [3.8, 4) is 0 Å². The van der Waals surface area contributed by atoms with Gasteiger partial charge in [0.15, 0.2) is 5.82 Å². The van der Waals surface area contributed by atoms with E-state index in [0.29, 0.717) is 12.4 Å². The molecule has 1 atom stereocenters.